The van der Waals surface area contributed by atoms with Gasteiger partial charge in [-0.25, -0.2) is 9.97 Å². The molecule has 0 radical (unpaired) electrons. The molecule has 0 N–H and O–H groups in total. The Balaban J connectivity index is 1.32. The molecule has 1 amide bonds. The second-order valence-electron chi connectivity index (χ2n) is 7.53. The Morgan fingerprint density at radius 2 is 1.83 bits per heavy atom. The van der Waals surface area contributed by atoms with Gasteiger partial charge in [-0.2, -0.15) is 0 Å². The molecule has 0 atom stereocenters. The van der Waals surface area contributed by atoms with Gasteiger partial charge in [-0.05, 0) is 6.54 Å². The molecule has 3 aliphatic heterocycles. The molecule has 1 aromatic heterocycles. The van der Waals surface area contributed by atoms with Crippen LogP contribution in [-0.4, -0.2) is 96.2 Å². The number of hydrogen-bond donors (Lipinski definition) is 0. The predicted molar refractivity (Wildman–Crippen MR) is 113 cm³/mol. The maximum Gasteiger partial charge on any atom is 0.233 e. The Morgan fingerprint density at radius 3 is 2.48 bits per heavy atom. The summed E-state index contributed by atoms with van der Waals surface area (Å²) >= 11 is 7.60. The zero-order chi connectivity index (χ0) is 20.3. The van der Waals surface area contributed by atoms with Crippen molar-refractivity contribution in [1.29, 1.82) is 0 Å². The Kier molecular flexibility index (Phi) is 6.80. The average molecular weight is 442 g/mol. The average Bonchev–Trinajstić information content (AvgIpc) is 3.20. The van der Waals surface area contributed by atoms with Crippen LogP contribution in [0.25, 0.3) is 0 Å². The summed E-state index contributed by atoms with van der Waals surface area (Å²) in [6.07, 6.45) is 1.61. The number of halogens is 1. The molecule has 0 bridgehead atoms. The van der Waals surface area contributed by atoms with Crippen molar-refractivity contribution in [3.05, 3.63) is 11.2 Å². The van der Waals surface area contributed by atoms with Gasteiger partial charge >= 0.3 is 0 Å². The van der Waals surface area contributed by atoms with Gasteiger partial charge in [0.15, 0.2) is 10.9 Å². The third kappa shape index (κ3) is 5.14. The third-order valence-electron chi connectivity index (χ3n) is 5.82. The summed E-state index contributed by atoms with van der Waals surface area (Å²) in [4.78, 5) is 28.0. The number of hydrogen-bond acceptors (Lipinski definition) is 8. The van der Waals surface area contributed by atoms with Crippen molar-refractivity contribution in [2.24, 2.45) is 0 Å². The summed E-state index contributed by atoms with van der Waals surface area (Å²) in [6, 6.07) is 1.78. The fourth-order valence-electron chi connectivity index (χ4n) is 4.01. The van der Waals surface area contributed by atoms with E-state index in [2.05, 4.69) is 26.7 Å². The van der Waals surface area contributed by atoms with Gasteiger partial charge < -0.3 is 24.2 Å². The van der Waals surface area contributed by atoms with Crippen LogP contribution in [0, 0.1) is 0 Å². The van der Waals surface area contributed by atoms with Crippen LogP contribution in [-0.2, 0) is 14.3 Å². The number of amides is 1. The summed E-state index contributed by atoms with van der Waals surface area (Å²) in [6.45, 7) is 9.55. The highest BCUT2D eigenvalue weighted by Gasteiger charge is 2.40. The number of anilines is 1. The highest BCUT2D eigenvalue weighted by atomic mass is 35.5. The van der Waals surface area contributed by atoms with Crippen LogP contribution in [0.1, 0.15) is 19.8 Å². The molecule has 160 valence electrons. The standard InChI is InChI=1S/C19H28ClN5O3S/c1-2-23-7-9-25(10-8-23)17(26)14-29-18-21-15(20)13-16(22-18)24-5-3-19(4-6-24)27-11-12-28-19/h13H,2-12,14H2,1H3. The molecule has 0 unspecified atom stereocenters. The lowest BCUT2D eigenvalue weighted by Crippen LogP contribution is -2.49. The number of carbonyl (C=O) groups excluding carboxylic acids is 1. The van der Waals surface area contributed by atoms with E-state index in [1.165, 1.54) is 11.8 Å². The summed E-state index contributed by atoms with van der Waals surface area (Å²) in [5.41, 5.74) is 0. The molecule has 4 heterocycles. The van der Waals surface area contributed by atoms with Crippen molar-refractivity contribution >= 4 is 35.1 Å². The monoisotopic (exact) mass is 441 g/mol. The second-order valence-corrected chi connectivity index (χ2v) is 8.86. The second kappa shape index (κ2) is 9.34. The predicted octanol–water partition coefficient (Wildman–Crippen LogP) is 1.73. The van der Waals surface area contributed by atoms with Crippen molar-refractivity contribution in [3.63, 3.8) is 0 Å². The van der Waals surface area contributed by atoms with E-state index < -0.39 is 5.79 Å². The van der Waals surface area contributed by atoms with Gasteiger partial charge in [0.1, 0.15) is 11.0 Å². The molecule has 4 rings (SSSR count). The van der Waals surface area contributed by atoms with Crippen molar-refractivity contribution < 1.29 is 14.3 Å². The summed E-state index contributed by atoms with van der Waals surface area (Å²) in [5, 5.41) is 0.942. The first-order valence-corrected chi connectivity index (χ1v) is 11.6. The largest absolute Gasteiger partial charge is 0.356 e. The van der Waals surface area contributed by atoms with Gasteiger partial charge in [-0.15, -0.1) is 0 Å². The smallest absolute Gasteiger partial charge is 0.233 e. The number of piperidine rings is 1. The lowest BCUT2D eigenvalue weighted by atomic mass is 10.0. The number of piperazine rings is 1. The van der Waals surface area contributed by atoms with E-state index in [0.717, 1.165) is 64.5 Å². The van der Waals surface area contributed by atoms with E-state index in [9.17, 15) is 4.79 Å². The van der Waals surface area contributed by atoms with E-state index in [4.69, 9.17) is 21.1 Å². The molecule has 29 heavy (non-hydrogen) atoms. The zero-order valence-corrected chi connectivity index (χ0v) is 18.4. The molecular formula is C19H28ClN5O3S. The van der Waals surface area contributed by atoms with Crippen LogP contribution >= 0.6 is 23.4 Å². The van der Waals surface area contributed by atoms with Crippen LogP contribution in [0.5, 0.6) is 0 Å². The van der Waals surface area contributed by atoms with Crippen LogP contribution < -0.4 is 4.90 Å². The molecule has 0 saturated carbocycles. The highest BCUT2D eigenvalue weighted by Crippen LogP contribution is 2.33. The van der Waals surface area contributed by atoms with Gasteiger partial charge in [0.2, 0.25) is 5.91 Å². The molecule has 0 aliphatic carbocycles. The first-order chi connectivity index (χ1) is 14.1. The molecule has 3 fully saturated rings. The maximum absolute atomic E-state index is 12.5. The van der Waals surface area contributed by atoms with Crippen LogP contribution in [0.4, 0.5) is 5.82 Å². The third-order valence-corrected chi connectivity index (χ3v) is 6.85. The molecular weight excluding hydrogens is 414 g/mol. The van der Waals surface area contributed by atoms with E-state index in [-0.39, 0.29) is 5.91 Å². The van der Waals surface area contributed by atoms with E-state index in [1.807, 2.05) is 4.90 Å². The first kappa shape index (κ1) is 21.1. The number of likely N-dealkylation sites (N-methyl/N-ethyl adjacent to an activating group) is 1. The zero-order valence-electron chi connectivity index (χ0n) is 16.8. The van der Waals surface area contributed by atoms with Gasteiger partial charge in [0.05, 0.1) is 19.0 Å². The first-order valence-electron chi connectivity index (χ1n) is 10.3. The topological polar surface area (TPSA) is 71.0 Å². The van der Waals surface area contributed by atoms with Gasteiger partial charge in [0, 0.05) is 58.2 Å². The minimum absolute atomic E-state index is 0.131. The molecule has 1 spiro atoms. The SMILES string of the molecule is CCN1CCN(C(=O)CSc2nc(Cl)cc(N3CCC4(CC3)OCCO4)n2)CC1. The fraction of sp³-hybridized carbons (Fsp3) is 0.737. The number of aromatic nitrogens is 2. The minimum Gasteiger partial charge on any atom is -0.356 e. The Morgan fingerprint density at radius 1 is 1.14 bits per heavy atom. The van der Waals surface area contributed by atoms with Gasteiger partial charge in [-0.3, -0.25) is 4.79 Å². The van der Waals surface area contributed by atoms with Crippen molar-refractivity contribution in [2.75, 3.05) is 69.7 Å². The van der Waals surface area contributed by atoms with Gasteiger partial charge in [0.25, 0.3) is 0 Å². The number of rotatable bonds is 5. The molecule has 10 heteroatoms. The Labute approximate surface area is 180 Å². The lowest BCUT2D eigenvalue weighted by Gasteiger charge is -2.38. The Bertz CT molecular complexity index is 716. The van der Waals surface area contributed by atoms with Crippen molar-refractivity contribution in [3.8, 4) is 0 Å². The van der Waals surface area contributed by atoms with Crippen molar-refractivity contribution in [2.45, 2.75) is 30.7 Å². The van der Waals surface area contributed by atoms with Gasteiger partial charge in [-0.1, -0.05) is 30.3 Å². The highest BCUT2D eigenvalue weighted by molar-refractivity contribution is 7.99. The van der Waals surface area contributed by atoms with Crippen LogP contribution in [0.2, 0.25) is 5.15 Å². The fourth-order valence-corrected chi connectivity index (χ4v) is 4.99. The minimum atomic E-state index is -0.418. The molecule has 3 aliphatic rings. The summed E-state index contributed by atoms with van der Waals surface area (Å²) in [7, 11) is 0. The maximum atomic E-state index is 12.5. The van der Waals surface area contributed by atoms with Crippen LogP contribution in [0.15, 0.2) is 11.2 Å². The summed E-state index contributed by atoms with van der Waals surface area (Å²) in [5.74, 6) is 0.839. The lowest BCUT2D eigenvalue weighted by molar-refractivity contribution is -0.169. The molecule has 8 nitrogen and oxygen atoms in total. The van der Waals surface area contributed by atoms with E-state index in [1.54, 1.807) is 6.07 Å². The number of ether oxygens (including phenoxy) is 2. The van der Waals surface area contributed by atoms with Crippen LogP contribution in [0.3, 0.4) is 0 Å². The summed E-state index contributed by atoms with van der Waals surface area (Å²) < 4.78 is 11.6. The van der Waals surface area contributed by atoms with E-state index >= 15 is 0 Å². The van der Waals surface area contributed by atoms with Crippen molar-refractivity contribution in [1.82, 2.24) is 19.8 Å². The Hall–Kier alpha value is -1.13. The molecule has 3 saturated heterocycles. The number of nitrogens with zero attached hydrogens (tertiary/aromatic N) is 5. The molecule has 1 aromatic rings. The van der Waals surface area contributed by atoms with E-state index in [0.29, 0.717) is 29.3 Å². The quantitative estimate of drug-likeness (QED) is 0.388. The normalized spacial score (nSPS) is 22.4. The number of thioether (sulfide) groups is 1. The number of carbonyl (C=O) groups is 1. The molecule has 0 aromatic carbocycles.